The van der Waals surface area contributed by atoms with Crippen LogP contribution in [0.15, 0.2) is 18.2 Å². The van der Waals surface area contributed by atoms with Crippen molar-refractivity contribution >= 4 is 29.9 Å². The molecule has 1 aliphatic carbocycles. The van der Waals surface area contributed by atoms with E-state index < -0.39 is 0 Å². The highest BCUT2D eigenvalue weighted by atomic mass is 35.5. The molecule has 0 unspecified atom stereocenters. The van der Waals surface area contributed by atoms with Crippen molar-refractivity contribution < 1.29 is 9.59 Å². The van der Waals surface area contributed by atoms with Crippen molar-refractivity contribution in [1.82, 2.24) is 4.90 Å². The molecule has 0 bridgehead atoms. The Morgan fingerprint density at radius 3 is 2.40 bits per heavy atom. The minimum Gasteiger partial charge on any atom is -0.345 e. The Bertz CT molecular complexity index is 611. The maximum atomic E-state index is 12.5. The first-order chi connectivity index (χ1) is 11.4. The summed E-state index contributed by atoms with van der Waals surface area (Å²) in [6.45, 7) is 2.45. The number of benzene rings is 1. The van der Waals surface area contributed by atoms with Crippen molar-refractivity contribution in [2.24, 2.45) is 11.1 Å². The van der Waals surface area contributed by atoms with E-state index in [9.17, 15) is 9.59 Å². The number of nitrogens with one attached hydrogen (secondary N) is 1. The quantitative estimate of drug-likeness (QED) is 0.837. The number of hydrogen-bond acceptors (Lipinski definition) is 3. The van der Waals surface area contributed by atoms with E-state index >= 15 is 0 Å². The Balaban J connectivity index is 0.00000312. The van der Waals surface area contributed by atoms with Crippen LogP contribution in [0.25, 0.3) is 0 Å². The van der Waals surface area contributed by atoms with Crippen LogP contribution < -0.4 is 11.1 Å². The summed E-state index contributed by atoms with van der Waals surface area (Å²) in [6.07, 6.45) is 6.03. The van der Waals surface area contributed by atoms with Gasteiger partial charge in [0.25, 0.3) is 5.91 Å². The number of nitrogens with two attached hydrogens (primary N) is 1. The second-order valence-corrected chi connectivity index (χ2v) is 7.22. The van der Waals surface area contributed by atoms with Crippen molar-refractivity contribution in [2.75, 3.05) is 26.0 Å². The average molecular weight is 368 g/mol. The maximum absolute atomic E-state index is 12.5. The molecule has 0 saturated heterocycles. The summed E-state index contributed by atoms with van der Waals surface area (Å²) in [5.74, 6) is -0.0798. The fourth-order valence-electron chi connectivity index (χ4n) is 3.47. The lowest BCUT2D eigenvalue weighted by atomic mass is 9.71. The number of anilines is 1. The molecule has 2 rings (SSSR count). The number of nitrogens with zero attached hydrogens (tertiary/aromatic N) is 1. The predicted molar refractivity (Wildman–Crippen MR) is 104 cm³/mol. The van der Waals surface area contributed by atoms with Crippen LogP contribution in [-0.2, 0) is 4.79 Å². The lowest BCUT2D eigenvalue weighted by Gasteiger charge is -2.35. The van der Waals surface area contributed by atoms with Crippen molar-refractivity contribution in [3.63, 3.8) is 0 Å². The topological polar surface area (TPSA) is 75.4 Å². The summed E-state index contributed by atoms with van der Waals surface area (Å²) in [6, 6.07) is 5.47. The van der Waals surface area contributed by atoms with E-state index in [1.165, 1.54) is 6.42 Å². The molecule has 1 aromatic carbocycles. The van der Waals surface area contributed by atoms with Gasteiger partial charge in [-0.1, -0.05) is 25.3 Å². The molecule has 3 N–H and O–H groups in total. The van der Waals surface area contributed by atoms with Gasteiger partial charge in [-0.25, -0.2) is 0 Å². The second kappa shape index (κ2) is 9.20. The van der Waals surface area contributed by atoms with Gasteiger partial charge in [-0.2, -0.15) is 0 Å². The Morgan fingerprint density at radius 1 is 1.20 bits per heavy atom. The molecular formula is C19H30ClN3O2. The Morgan fingerprint density at radius 2 is 1.84 bits per heavy atom. The van der Waals surface area contributed by atoms with Crippen molar-refractivity contribution in [3.8, 4) is 0 Å². The number of amides is 2. The van der Waals surface area contributed by atoms with Crippen LogP contribution >= 0.6 is 12.4 Å². The SMILES string of the molecule is Cc1ccc(NC(=O)CC2(CN)CCCCC2)cc1C(=O)N(C)C.Cl. The van der Waals surface area contributed by atoms with Crippen LogP contribution in [0, 0.1) is 12.3 Å². The van der Waals surface area contributed by atoms with Gasteiger partial charge < -0.3 is 16.0 Å². The number of halogens is 1. The minimum atomic E-state index is -0.0608. The first kappa shape index (κ1) is 21.5. The first-order valence-electron chi connectivity index (χ1n) is 8.69. The molecule has 1 aliphatic rings. The summed E-state index contributed by atoms with van der Waals surface area (Å²) in [5, 5.41) is 2.94. The van der Waals surface area contributed by atoms with Crippen molar-refractivity contribution in [1.29, 1.82) is 0 Å². The zero-order chi connectivity index (χ0) is 17.7. The minimum absolute atomic E-state index is 0. The molecular weight excluding hydrogens is 338 g/mol. The number of hydrogen-bond donors (Lipinski definition) is 2. The summed E-state index contributed by atoms with van der Waals surface area (Å²) >= 11 is 0. The van der Waals surface area contributed by atoms with Gasteiger partial charge in [0.1, 0.15) is 0 Å². The zero-order valence-corrected chi connectivity index (χ0v) is 16.2. The molecule has 140 valence electrons. The molecule has 0 atom stereocenters. The van der Waals surface area contributed by atoms with Gasteiger partial charge in [0.15, 0.2) is 0 Å². The summed E-state index contributed by atoms with van der Waals surface area (Å²) in [5.41, 5.74) is 8.09. The number of carbonyl (C=O) groups is 2. The van der Waals surface area contributed by atoms with E-state index in [1.807, 2.05) is 19.1 Å². The van der Waals surface area contributed by atoms with Gasteiger partial charge in [-0.3, -0.25) is 9.59 Å². The molecule has 0 aliphatic heterocycles. The highest BCUT2D eigenvalue weighted by molar-refractivity contribution is 5.98. The summed E-state index contributed by atoms with van der Waals surface area (Å²) < 4.78 is 0. The van der Waals surface area contributed by atoms with Crippen LogP contribution in [0.1, 0.15) is 54.4 Å². The van der Waals surface area contributed by atoms with Gasteiger partial charge in [-0.05, 0) is 49.4 Å². The van der Waals surface area contributed by atoms with E-state index in [1.54, 1.807) is 25.1 Å². The van der Waals surface area contributed by atoms with E-state index in [0.717, 1.165) is 31.2 Å². The molecule has 1 aromatic rings. The van der Waals surface area contributed by atoms with Crippen LogP contribution in [0.4, 0.5) is 5.69 Å². The molecule has 0 radical (unpaired) electrons. The monoisotopic (exact) mass is 367 g/mol. The van der Waals surface area contributed by atoms with Gasteiger partial charge >= 0.3 is 0 Å². The summed E-state index contributed by atoms with van der Waals surface area (Å²) in [4.78, 5) is 26.2. The Labute approximate surface area is 156 Å². The Kier molecular flexibility index (Phi) is 7.90. The van der Waals surface area contributed by atoms with Gasteiger partial charge in [0.05, 0.1) is 0 Å². The third-order valence-corrected chi connectivity index (χ3v) is 5.04. The molecule has 0 spiro atoms. The summed E-state index contributed by atoms with van der Waals surface area (Å²) in [7, 11) is 3.45. The van der Waals surface area contributed by atoms with Crippen molar-refractivity contribution in [3.05, 3.63) is 29.3 Å². The normalized spacial score (nSPS) is 15.8. The molecule has 2 amide bonds. The van der Waals surface area contributed by atoms with Crippen LogP contribution in [0.3, 0.4) is 0 Å². The zero-order valence-electron chi connectivity index (χ0n) is 15.4. The fraction of sp³-hybridized carbons (Fsp3) is 0.579. The van der Waals surface area contributed by atoms with Crippen LogP contribution in [0.2, 0.25) is 0 Å². The molecule has 25 heavy (non-hydrogen) atoms. The van der Waals surface area contributed by atoms with E-state index in [-0.39, 0.29) is 29.6 Å². The molecule has 1 saturated carbocycles. The smallest absolute Gasteiger partial charge is 0.253 e. The molecule has 0 heterocycles. The molecule has 0 aromatic heterocycles. The fourth-order valence-corrected chi connectivity index (χ4v) is 3.47. The van der Waals surface area contributed by atoms with Crippen LogP contribution in [-0.4, -0.2) is 37.4 Å². The third-order valence-electron chi connectivity index (χ3n) is 5.04. The highest BCUT2D eigenvalue weighted by Gasteiger charge is 2.33. The molecule has 1 fully saturated rings. The standard InChI is InChI=1S/C19H29N3O2.ClH/c1-14-7-8-15(11-16(14)18(24)22(2)3)21-17(23)12-19(13-20)9-5-4-6-10-19;/h7-8,11H,4-6,9-10,12-13,20H2,1-3H3,(H,21,23);1H. The third kappa shape index (κ3) is 5.44. The van der Waals surface area contributed by atoms with Gasteiger partial charge in [0, 0.05) is 31.8 Å². The van der Waals surface area contributed by atoms with E-state index in [0.29, 0.717) is 24.2 Å². The predicted octanol–water partition coefficient (Wildman–Crippen LogP) is 3.36. The first-order valence-corrected chi connectivity index (χ1v) is 8.69. The van der Waals surface area contributed by atoms with E-state index in [2.05, 4.69) is 5.32 Å². The molecule has 6 heteroatoms. The number of aryl methyl sites for hydroxylation is 1. The Hall–Kier alpha value is -1.59. The largest absolute Gasteiger partial charge is 0.345 e. The van der Waals surface area contributed by atoms with Gasteiger partial charge in [0.2, 0.25) is 5.91 Å². The average Bonchev–Trinajstić information content (AvgIpc) is 2.56. The lowest BCUT2D eigenvalue weighted by molar-refractivity contribution is -0.118. The lowest BCUT2D eigenvalue weighted by Crippen LogP contribution is -2.36. The molecule has 5 nitrogen and oxygen atoms in total. The maximum Gasteiger partial charge on any atom is 0.253 e. The second-order valence-electron chi connectivity index (χ2n) is 7.22. The highest BCUT2D eigenvalue weighted by Crippen LogP contribution is 2.38. The number of rotatable bonds is 5. The van der Waals surface area contributed by atoms with Crippen LogP contribution in [0.5, 0.6) is 0 Å². The van der Waals surface area contributed by atoms with E-state index in [4.69, 9.17) is 5.73 Å². The van der Waals surface area contributed by atoms with Crippen molar-refractivity contribution in [2.45, 2.75) is 45.4 Å². The van der Waals surface area contributed by atoms with Gasteiger partial charge in [-0.15, -0.1) is 12.4 Å². The number of carbonyl (C=O) groups excluding carboxylic acids is 2.